The van der Waals surface area contributed by atoms with Gasteiger partial charge < -0.3 is 15.0 Å². The second-order valence-corrected chi connectivity index (χ2v) is 9.04. The molecule has 2 aliphatic rings. The number of para-hydroxylation sites is 1. The first-order valence-electron chi connectivity index (χ1n) is 8.93. The number of rotatable bonds is 4. The molecule has 0 saturated carbocycles. The molecular formula is C21H22N2O3S. The highest BCUT2D eigenvalue weighted by Gasteiger charge is 2.57. The Morgan fingerprint density at radius 3 is 2.67 bits per heavy atom. The van der Waals surface area contributed by atoms with Crippen molar-refractivity contribution in [2.24, 2.45) is 0 Å². The van der Waals surface area contributed by atoms with E-state index in [1.807, 2.05) is 62.4 Å². The van der Waals surface area contributed by atoms with Crippen LogP contribution < -0.4 is 10.1 Å². The summed E-state index contributed by atoms with van der Waals surface area (Å²) in [5, 5.41) is 2.90. The van der Waals surface area contributed by atoms with Gasteiger partial charge in [-0.2, -0.15) is 0 Å². The molecule has 2 aromatic carbocycles. The Hall–Kier alpha value is -2.47. The van der Waals surface area contributed by atoms with Crippen molar-refractivity contribution in [1.82, 2.24) is 10.2 Å². The first kappa shape index (κ1) is 17.9. The average Bonchev–Trinajstić information content (AvgIpc) is 3.10. The standard InChI is InChI=1S/C21H22N2O3S/c1-21(2)17(18(24)22-12-13-8-4-7-11-16(13)26-3)23-19(25)14-9-5-6-10-15(14)20(23)27-21/h4-11,17,20H,12H2,1-3H3,(H,22,24)/t17-,20+/m0/s1. The lowest BCUT2D eigenvalue weighted by Gasteiger charge is -2.29. The van der Waals surface area contributed by atoms with Crippen LogP contribution >= 0.6 is 11.8 Å². The van der Waals surface area contributed by atoms with Crippen LogP contribution in [0.15, 0.2) is 48.5 Å². The lowest BCUT2D eigenvalue weighted by Crippen LogP contribution is -2.52. The number of hydrogen-bond acceptors (Lipinski definition) is 4. The highest BCUT2D eigenvalue weighted by atomic mass is 32.2. The maximum absolute atomic E-state index is 13.1. The van der Waals surface area contributed by atoms with Crippen molar-refractivity contribution in [3.8, 4) is 5.75 Å². The lowest BCUT2D eigenvalue weighted by atomic mass is 10.0. The van der Waals surface area contributed by atoms with Gasteiger partial charge in [-0.25, -0.2) is 0 Å². The van der Waals surface area contributed by atoms with Crippen molar-refractivity contribution >= 4 is 23.6 Å². The Bertz CT molecular complexity index is 912. The van der Waals surface area contributed by atoms with E-state index in [9.17, 15) is 9.59 Å². The van der Waals surface area contributed by atoms with Crippen molar-refractivity contribution in [1.29, 1.82) is 0 Å². The van der Waals surface area contributed by atoms with Crippen molar-refractivity contribution < 1.29 is 14.3 Å². The van der Waals surface area contributed by atoms with Crippen LogP contribution in [0.3, 0.4) is 0 Å². The Morgan fingerprint density at radius 1 is 1.19 bits per heavy atom. The minimum absolute atomic E-state index is 0.0638. The molecule has 1 N–H and O–H groups in total. The van der Waals surface area contributed by atoms with E-state index in [1.165, 1.54) is 0 Å². The molecule has 0 bridgehead atoms. The number of fused-ring (bicyclic) bond motifs is 3. The third kappa shape index (κ3) is 2.88. The maximum Gasteiger partial charge on any atom is 0.256 e. The van der Waals surface area contributed by atoms with E-state index in [1.54, 1.807) is 23.8 Å². The van der Waals surface area contributed by atoms with Gasteiger partial charge in [0.25, 0.3) is 5.91 Å². The summed E-state index contributed by atoms with van der Waals surface area (Å²) >= 11 is 1.67. The highest BCUT2D eigenvalue weighted by molar-refractivity contribution is 8.01. The number of ether oxygens (including phenoxy) is 1. The zero-order valence-electron chi connectivity index (χ0n) is 15.6. The third-order valence-electron chi connectivity index (χ3n) is 5.19. The highest BCUT2D eigenvalue weighted by Crippen LogP contribution is 2.56. The van der Waals surface area contributed by atoms with Gasteiger partial charge in [-0.15, -0.1) is 11.8 Å². The topological polar surface area (TPSA) is 58.6 Å². The molecule has 0 unspecified atom stereocenters. The van der Waals surface area contributed by atoms with E-state index in [0.717, 1.165) is 16.9 Å². The summed E-state index contributed by atoms with van der Waals surface area (Å²) in [5.74, 6) is 0.536. The summed E-state index contributed by atoms with van der Waals surface area (Å²) in [6, 6.07) is 14.7. The molecule has 4 rings (SSSR count). The lowest BCUT2D eigenvalue weighted by molar-refractivity contribution is -0.126. The Morgan fingerprint density at radius 2 is 1.89 bits per heavy atom. The summed E-state index contributed by atoms with van der Waals surface area (Å²) in [6.45, 7) is 4.41. The Labute approximate surface area is 163 Å². The van der Waals surface area contributed by atoms with Crippen LogP contribution in [0.1, 0.15) is 40.7 Å². The van der Waals surface area contributed by atoms with Gasteiger partial charge in [0.15, 0.2) is 0 Å². The third-order valence-corrected chi connectivity index (χ3v) is 6.73. The predicted octanol–water partition coefficient (Wildman–Crippen LogP) is 3.36. The summed E-state index contributed by atoms with van der Waals surface area (Å²) in [5.41, 5.74) is 2.61. The number of nitrogens with zero attached hydrogens (tertiary/aromatic N) is 1. The number of hydrogen-bond donors (Lipinski definition) is 1. The zero-order valence-corrected chi connectivity index (χ0v) is 16.4. The summed E-state index contributed by atoms with van der Waals surface area (Å²) in [6.07, 6.45) is 0. The van der Waals surface area contributed by atoms with Crippen LogP contribution in [-0.2, 0) is 11.3 Å². The molecule has 27 heavy (non-hydrogen) atoms. The molecule has 6 heteroatoms. The molecular weight excluding hydrogens is 360 g/mol. The molecule has 2 amide bonds. The predicted molar refractivity (Wildman–Crippen MR) is 106 cm³/mol. The van der Waals surface area contributed by atoms with Gasteiger partial charge in [-0.05, 0) is 31.5 Å². The largest absolute Gasteiger partial charge is 0.496 e. The molecule has 0 radical (unpaired) electrons. The van der Waals surface area contributed by atoms with Gasteiger partial charge in [0.05, 0.1) is 7.11 Å². The minimum Gasteiger partial charge on any atom is -0.496 e. The number of amides is 2. The van der Waals surface area contributed by atoms with E-state index < -0.39 is 6.04 Å². The van der Waals surface area contributed by atoms with Crippen LogP contribution in [0.2, 0.25) is 0 Å². The van der Waals surface area contributed by atoms with Crippen molar-refractivity contribution in [3.63, 3.8) is 0 Å². The molecule has 2 aliphatic heterocycles. The van der Waals surface area contributed by atoms with E-state index in [-0.39, 0.29) is 21.9 Å². The Balaban J connectivity index is 1.58. The monoisotopic (exact) mass is 382 g/mol. The fourth-order valence-corrected chi connectivity index (χ4v) is 5.52. The molecule has 2 atom stereocenters. The number of thioether (sulfide) groups is 1. The van der Waals surface area contributed by atoms with Gasteiger partial charge in [0.1, 0.15) is 17.2 Å². The van der Waals surface area contributed by atoms with Crippen LogP contribution in [0, 0.1) is 0 Å². The van der Waals surface area contributed by atoms with Crippen molar-refractivity contribution in [2.45, 2.75) is 36.6 Å². The normalized spacial score (nSPS) is 22.3. The summed E-state index contributed by atoms with van der Waals surface area (Å²) in [4.78, 5) is 27.8. The first-order chi connectivity index (χ1) is 12.9. The molecule has 0 aliphatic carbocycles. The van der Waals surface area contributed by atoms with Crippen molar-refractivity contribution in [3.05, 3.63) is 65.2 Å². The van der Waals surface area contributed by atoms with E-state index in [2.05, 4.69) is 5.32 Å². The van der Waals surface area contributed by atoms with Crippen LogP contribution in [0.5, 0.6) is 5.75 Å². The first-order valence-corrected chi connectivity index (χ1v) is 9.81. The number of carbonyl (C=O) groups excluding carboxylic acids is 2. The SMILES string of the molecule is COc1ccccc1CNC(=O)[C@@H]1N2C(=O)c3ccccc3[C@H]2SC1(C)C. The van der Waals surface area contributed by atoms with E-state index in [4.69, 9.17) is 4.74 Å². The minimum atomic E-state index is -0.526. The second-order valence-electron chi connectivity index (χ2n) is 7.31. The van der Waals surface area contributed by atoms with Crippen LogP contribution in [0.4, 0.5) is 0 Å². The van der Waals surface area contributed by atoms with Gasteiger partial charge in [0.2, 0.25) is 5.91 Å². The van der Waals surface area contributed by atoms with E-state index in [0.29, 0.717) is 12.1 Å². The number of benzene rings is 2. The summed E-state index contributed by atoms with van der Waals surface area (Å²) in [7, 11) is 1.61. The van der Waals surface area contributed by atoms with Crippen molar-refractivity contribution in [2.75, 3.05) is 7.11 Å². The van der Waals surface area contributed by atoms with Gasteiger partial charge in [0, 0.05) is 22.4 Å². The molecule has 2 heterocycles. The van der Waals surface area contributed by atoms with Gasteiger partial charge in [-0.1, -0.05) is 36.4 Å². The smallest absolute Gasteiger partial charge is 0.256 e. The fourth-order valence-electron chi connectivity index (χ4n) is 3.93. The second kappa shape index (κ2) is 6.60. The zero-order chi connectivity index (χ0) is 19.2. The van der Waals surface area contributed by atoms with Gasteiger partial charge in [-0.3, -0.25) is 9.59 Å². The summed E-state index contributed by atoms with van der Waals surface area (Å²) < 4.78 is 4.98. The average molecular weight is 382 g/mol. The van der Waals surface area contributed by atoms with Crippen LogP contribution in [0.25, 0.3) is 0 Å². The number of carbonyl (C=O) groups is 2. The molecule has 0 aromatic heterocycles. The quantitative estimate of drug-likeness (QED) is 0.881. The molecule has 0 spiro atoms. The van der Waals surface area contributed by atoms with E-state index >= 15 is 0 Å². The van der Waals surface area contributed by atoms with Gasteiger partial charge >= 0.3 is 0 Å². The molecule has 2 aromatic rings. The number of methoxy groups -OCH3 is 1. The number of nitrogens with one attached hydrogen (secondary N) is 1. The molecule has 140 valence electrons. The Kier molecular flexibility index (Phi) is 4.38. The van der Waals surface area contributed by atoms with Crippen LogP contribution in [-0.4, -0.2) is 34.6 Å². The maximum atomic E-state index is 13.1. The molecule has 1 saturated heterocycles. The molecule has 1 fully saturated rings. The molecule has 5 nitrogen and oxygen atoms in total. The fraction of sp³-hybridized carbons (Fsp3) is 0.333.